The van der Waals surface area contributed by atoms with Gasteiger partial charge in [-0.1, -0.05) is 41.6 Å². The fourth-order valence-corrected chi connectivity index (χ4v) is 3.22. The van der Waals surface area contributed by atoms with Gasteiger partial charge in [0.25, 0.3) is 0 Å². The molecule has 1 aliphatic carbocycles. The molecule has 0 amide bonds. The zero-order valence-electron chi connectivity index (χ0n) is 12.3. The van der Waals surface area contributed by atoms with Crippen molar-refractivity contribution in [2.75, 3.05) is 5.73 Å². The summed E-state index contributed by atoms with van der Waals surface area (Å²) >= 11 is 0. The lowest BCUT2D eigenvalue weighted by atomic mass is 9.88. The molecule has 4 rings (SSSR count). The lowest BCUT2D eigenvalue weighted by Gasteiger charge is -2.25. The Morgan fingerprint density at radius 1 is 1.05 bits per heavy atom. The first-order chi connectivity index (χ1) is 10.8. The lowest BCUT2D eigenvalue weighted by Crippen LogP contribution is -2.17. The zero-order chi connectivity index (χ0) is 14.9. The SMILES string of the molecule is Nc1ccc(-c2cn(C3CCCc4ccccc43)nn2)cc1. The second-order valence-electron chi connectivity index (χ2n) is 5.81. The van der Waals surface area contributed by atoms with Crippen molar-refractivity contribution in [3.8, 4) is 11.3 Å². The summed E-state index contributed by atoms with van der Waals surface area (Å²) in [6.07, 6.45) is 5.50. The van der Waals surface area contributed by atoms with E-state index in [0.717, 1.165) is 29.8 Å². The second kappa shape index (κ2) is 5.30. The standard InChI is InChI=1S/C18H18N4/c19-15-10-8-14(9-11-15)17-12-22(21-20-17)18-7-3-5-13-4-1-2-6-16(13)18/h1-2,4,6,8-12,18H,3,5,7,19H2. The van der Waals surface area contributed by atoms with Gasteiger partial charge in [0.05, 0.1) is 12.2 Å². The molecule has 110 valence electrons. The number of anilines is 1. The van der Waals surface area contributed by atoms with E-state index in [0.29, 0.717) is 6.04 Å². The van der Waals surface area contributed by atoms with Crippen LogP contribution in [0, 0.1) is 0 Å². The van der Waals surface area contributed by atoms with Gasteiger partial charge in [0.2, 0.25) is 0 Å². The van der Waals surface area contributed by atoms with E-state index >= 15 is 0 Å². The Morgan fingerprint density at radius 2 is 1.86 bits per heavy atom. The molecule has 0 aliphatic heterocycles. The Morgan fingerprint density at radius 3 is 2.73 bits per heavy atom. The number of nitrogens with zero attached hydrogens (tertiary/aromatic N) is 3. The molecule has 1 heterocycles. The maximum absolute atomic E-state index is 5.74. The largest absolute Gasteiger partial charge is 0.399 e. The van der Waals surface area contributed by atoms with Gasteiger partial charge >= 0.3 is 0 Å². The van der Waals surface area contributed by atoms with E-state index < -0.39 is 0 Å². The predicted molar refractivity (Wildman–Crippen MR) is 87.4 cm³/mol. The van der Waals surface area contributed by atoms with Gasteiger partial charge in [-0.25, -0.2) is 4.68 Å². The monoisotopic (exact) mass is 290 g/mol. The van der Waals surface area contributed by atoms with Crippen molar-refractivity contribution in [1.82, 2.24) is 15.0 Å². The lowest BCUT2D eigenvalue weighted by molar-refractivity contribution is 0.440. The molecule has 2 aromatic carbocycles. The van der Waals surface area contributed by atoms with Crippen molar-refractivity contribution in [3.05, 3.63) is 65.9 Å². The molecule has 0 bridgehead atoms. The normalized spacial score (nSPS) is 17.2. The first-order valence-corrected chi connectivity index (χ1v) is 7.67. The number of aromatic nitrogens is 3. The highest BCUT2D eigenvalue weighted by molar-refractivity contribution is 5.60. The summed E-state index contributed by atoms with van der Waals surface area (Å²) in [6.45, 7) is 0. The first-order valence-electron chi connectivity index (χ1n) is 7.67. The number of benzene rings is 2. The summed E-state index contributed by atoms with van der Waals surface area (Å²) < 4.78 is 2.00. The number of nitrogen functional groups attached to an aromatic ring is 1. The average molecular weight is 290 g/mol. The van der Waals surface area contributed by atoms with Gasteiger partial charge in [-0.05, 0) is 42.5 Å². The van der Waals surface area contributed by atoms with Crippen LogP contribution < -0.4 is 5.73 Å². The number of rotatable bonds is 2. The molecule has 22 heavy (non-hydrogen) atoms. The number of aryl methyl sites for hydroxylation is 1. The van der Waals surface area contributed by atoms with Crippen molar-refractivity contribution in [3.63, 3.8) is 0 Å². The summed E-state index contributed by atoms with van der Waals surface area (Å²) in [4.78, 5) is 0. The quantitative estimate of drug-likeness (QED) is 0.735. The minimum atomic E-state index is 0.292. The van der Waals surface area contributed by atoms with Gasteiger partial charge in [0.1, 0.15) is 5.69 Å². The molecule has 0 fully saturated rings. The van der Waals surface area contributed by atoms with E-state index in [1.54, 1.807) is 0 Å². The number of hydrogen-bond acceptors (Lipinski definition) is 3. The predicted octanol–water partition coefficient (Wildman–Crippen LogP) is 3.45. The van der Waals surface area contributed by atoms with Crippen LogP contribution in [0.25, 0.3) is 11.3 Å². The number of fused-ring (bicyclic) bond motifs is 1. The molecule has 0 saturated heterocycles. The molecule has 0 saturated carbocycles. The van der Waals surface area contributed by atoms with Crippen LogP contribution in [0.4, 0.5) is 5.69 Å². The summed E-state index contributed by atoms with van der Waals surface area (Å²) in [6, 6.07) is 16.7. The maximum Gasteiger partial charge on any atom is 0.113 e. The van der Waals surface area contributed by atoms with E-state index in [9.17, 15) is 0 Å². The third-order valence-corrected chi connectivity index (χ3v) is 4.37. The van der Waals surface area contributed by atoms with E-state index in [1.165, 1.54) is 17.5 Å². The van der Waals surface area contributed by atoms with Crippen molar-refractivity contribution in [2.45, 2.75) is 25.3 Å². The van der Waals surface area contributed by atoms with Gasteiger partial charge in [-0.3, -0.25) is 0 Å². The average Bonchev–Trinajstić information content (AvgIpc) is 3.05. The van der Waals surface area contributed by atoms with Crippen LogP contribution in [0.15, 0.2) is 54.7 Å². The zero-order valence-corrected chi connectivity index (χ0v) is 12.3. The van der Waals surface area contributed by atoms with E-state index in [2.05, 4.69) is 34.6 Å². The smallest absolute Gasteiger partial charge is 0.113 e. The highest BCUT2D eigenvalue weighted by atomic mass is 15.4. The van der Waals surface area contributed by atoms with Crippen LogP contribution >= 0.6 is 0 Å². The third-order valence-electron chi connectivity index (χ3n) is 4.37. The summed E-state index contributed by atoms with van der Waals surface area (Å²) in [5.41, 5.74) is 11.2. The van der Waals surface area contributed by atoms with Gasteiger partial charge in [-0.15, -0.1) is 5.10 Å². The fourth-order valence-electron chi connectivity index (χ4n) is 3.22. The van der Waals surface area contributed by atoms with Crippen molar-refractivity contribution in [1.29, 1.82) is 0 Å². The van der Waals surface area contributed by atoms with E-state index in [-0.39, 0.29) is 0 Å². The molecule has 1 aromatic heterocycles. The summed E-state index contributed by atoms with van der Waals surface area (Å²) in [5, 5.41) is 8.71. The molecule has 1 unspecified atom stereocenters. The highest BCUT2D eigenvalue weighted by Gasteiger charge is 2.22. The van der Waals surface area contributed by atoms with Crippen LogP contribution in [0.5, 0.6) is 0 Å². The molecule has 0 radical (unpaired) electrons. The Balaban J connectivity index is 1.69. The molecule has 2 N–H and O–H groups in total. The minimum Gasteiger partial charge on any atom is -0.399 e. The van der Waals surface area contributed by atoms with Gasteiger partial charge in [0.15, 0.2) is 0 Å². The Labute approximate surface area is 129 Å². The summed E-state index contributed by atoms with van der Waals surface area (Å²) in [7, 11) is 0. The minimum absolute atomic E-state index is 0.292. The molecule has 1 aliphatic rings. The fraction of sp³-hybridized carbons (Fsp3) is 0.222. The van der Waals surface area contributed by atoms with Crippen LogP contribution in [-0.2, 0) is 6.42 Å². The molecule has 0 spiro atoms. The highest BCUT2D eigenvalue weighted by Crippen LogP contribution is 2.32. The molecule has 3 aromatic rings. The van der Waals surface area contributed by atoms with Crippen LogP contribution in [-0.4, -0.2) is 15.0 Å². The molecule has 4 nitrogen and oxygen atoms in total. The molecule has 1 atom stereocenters. The van der Waals surface area contributed by atoms with Crippen molar-refractivity contribution in [2.24, 2.45) is 0 Å². The van der Waals surface area contributed by atoms with Gasteiger partial charge in [0, 0.05) is 11.3 Å². The molecular formula is C18H18N4. The van der Waals surface area contributed by atoms with Crippen LogP contribution in [0.3, 0.4) is 0 Å². The van der Waals surface area contributed by atoms with Crippen LogP contribution in [0.2, 0.25) is 0 Å². The molecular weight excluding hydrogens is 272 g/mol. The Hall–Kier alpha value is -2.62. The van der Waals surface area contributed by atoms with Crippen molar-refractivity contribution >= 4 is 5.69 Å². The third kappa shape index (κ3) is 2.26. The number of hydrogen-bond donors (Lipinski definition) is 1. The Kier molecular flexibility index (Phi) is 3.15. The molecule has 4 heteroatoms. The first kappa shape index (κ1) is 13.1. The van der Waals surface area contributed by atoms with Crippen LogP contribution in [0.1, 0.15) is 30.0 Å². The van der Waals surface area contributed by atoms with E-state index in [1.807, 2.05) is 35.1 Å². The summed E-state index contributed by atoms with van der Waals surface area (Å²) in [5.74, 6) is 0. The van der Waals surface area contributed by atoms with Gasteiger partial charge < -0.3 is 5.73 Å². The number of nitrogens with two attached hydrogens (primary N) is 1. The second-order valence-corrected chi connectivity index (χ2v) is 5.81. The Bertz CT molecular complexity index is 789. The van der Waals surface area contributed by atoms with E-state index in [4.69, 9.17) is 5.73 Å². The van der Waals surface area contributed by atoms with Gasteiger partial charge in [-0.2, -0.15) is 0 Å². The topological polar surface area (TPSA) is 56.7 Å². The van der Waals surface area contributed by atoms with Crippen molar-refractivity contribution < 1.29 is 0 Å². The maximum atomic E-state index is 5.74.